The van der Waals surface area contributed by atoms with Gasteiger partial charge >= 0.3 is 0 Å². The van der Waals surface area contributed by atoms with Crippen molar-refractivity contribution >= 4 is 5.91 Å². The molecule has 100 valence electrons. The second-order valence-corrected chi connectivity index (χ2v) is 5.38. The van der Waals surface area contributed by atoms with Crippen molar-refractivity contribution < 1.29 is 4.79 Å². The standard InChI is InChI=1S/C14H28N2O/c1-5-7-11(3)12(8-6-2)16(4)13-9-10-15-14(13)17/h11-13H,5-10H2,1-4H3,(H,15,17). The van der Waals surface area contributed by atoms with Gasteiger partial charge < -0.3 is 5.32 Å². The van der Waals surface area contributed by atoms with Gasteiger partial charge in [-0.3, -0.25) is 9.69 Å². The zero-order valence-corrected chi connectivity index (χ0v) is 11.8. The van der Waals surface area contributed by atoms with Crippen molar-refractivity contribution in [3.8, 4) is 0 Å². The normalized spacial score (nSPS) is 23.8. The van der Waals surface area contributed by atoms with Crippen LogP contribution in [-0.2, 0) is 4.79 Å². The minimum Gasteiger partial charge on any atom is -0.355 e. The van der Waals surface area contributed by atoms with E-state index < -0.39 is 0 Å². The maximum absolute atomic E-state index is 11.8. The van der Waals surface area contributed by atoms with Gasteiger partial charge in [-0.25, -0.2) is 0 Å². The molecule has 0 bridgehead atoms. The van der Waals surface area contributed by atoms with Crippen LogP contribution in [0.15, 0.2) is 0 Å². The highest BCUT2D eigenvalue weighted by Crippen LogP contribution is 2.23. The first kappa shape index (κ1) is 14.5. The summed E-state index contributed by atoms with van der Waals surface area (Å²) in [6.07, 6.45) is 5.84. The molecule has 0 saturated carbocycles. The van der Waals surface area contributed by atoms with Gasteiger partial charge in [0.05, 0.1) is 6.04 Å². The molecule has 3 atom stereocenters. The molecule has 1 N–H and O–H groups in total. The number of carbonyl (C=O) groups excluding carboxylic acids is 1. The van der Waals surface area contributed by atoms with E-state index in [-0.39, 0.29) is 11.9 Å². The molecule has 1 fully saturated rings. The van der Waals surface area contributed by atoms with Gasteiger partial charge in [0.1, 0.15) is 0 Å². The minimum absolute atomic E-state index is 0.103. The lowest BCUT2D eigenvalue weighted by atomic mass is 9.91. The first-order valence-electron chi connectivity index (χ1n) is 7.11. The van der Waals surface area contributed by atoms with Crippen molar-refractivity contribution in [3.05, 3.63) is 0 Å². The Morgan fingerprint density at radius 1 is 1.35 bits per heavy atom. The molecule has 3 unspecified atom stereocenters. The van der Waals surface area contributed by atoms with Crippen LogP contribution in [-0.4, -0.2) is 36.5 Å². The molecule has 3 heteroatoms. The smallest absolute Gasteiger partial charge is 0.237 e. The molecule has 0 aromatic rings. The van der Waals surface area contributed by atoms with E-state index in [4.69, 9.17) is 0 Å². The second-order valence-electron chi connectivity index (χ2n) is 5.38. The van der Waals surface area contributed by atoms with E-state index in [9.17, 15) is 4.79 Å². The van der Waals surface area contributed by atoms with E-state index in [1.165, 1.54) is 25.7 Å². The maximum atomic E-state index is 11.8. The molecule has 1 amide bonds. The van der Waals surface area contributed by atoms with E-state index in [0.29, 0.717) is 12.0 Å². The van der Waals surface area contributed by atoms with E-state index in [1.54, 1.807) is 0 Å². The average molecular weight is 240 g/mol. The third kappa shape index (κ3) is 3.70. The molecule has 0 aromatic carbocycles. The number of amides is 1. The van der Waals surface area contributed by atoms with Gasteiger partial charge in [0.15, 0.2) is 0 Å². The molecule has 17 heavy (non-hydrogen) atoms. The van der Waals surface area contributed by atoms with Crippen LogP contribution in [0.25, 0.3) is 0 Å². The molecule has 1 saturated heterocycles. The van der Waals surface area contributed by atoms with Gasteiger partial charge in [0, 0.05) is 12.6 Å². The van der Waals surface area contributed by atoms with Crippen molar-refractivity contribution in [1.29, 1.82) is 0 Å². The van der Waals surface area contributed by atoms with Crippen LogP contribution in [0, 0.1) is 5.92 Å². The molecule has 1 aliphatic rings. The van der Waals surface area contributed by atoms with Crippen LogP contribution < -0.4 is 5.32 Å². The summed E-state index contributed by atoms with van der Waals surface area (Å²) in [6.45, 7) is 7.64. The molecular weight excluding hydrogens is 212 g/mol. The topological polar surface area (TPSA) is 32.3 Å². The average Bonchev–Trinajstić information content (AvgIpc) is 2.71. The van der Waals surface area contributed by atoms with Crippen molar-refractivity contribution in [2.45, 2.75) is 65.0 Å². The Hall–Kier alpha value is -0.570. The summed E-state index contributed by atoms with van der Waals surface area (Å²) in [5.74, 6) is 0.899. The number of likely N-dealkylation sites (N-methyl/N-ethyl adjacent to an activating group) is 1. The Balaban J connectivity index is 2.64. The van der Waals surface area contributed by atoms with Crippen LogP contribution in [0.1, 0.15) is 52.9 Å². The molecule has 0 spiro atoms. The summed E-state index contributed by atoms with van der Waals surface area (Å²) in [5.41, 5.74) is 0. The number of nitrogens with one attached hydrogen (secondary N) is 1. The van der Waals surface area contributed by atoms with Gasteiger partial charge in [0.2, 0.25) is 5.91 Å². The number of hydrogen-bond acceptors (Lipinski definition) is 2. The van der Waals surface area contributed by atoms with E-state index >= 15 is 0 Å². The fourth-order valence-electron chi connectivity index (χ4n) is 3.03. The molecule has 3 nitrogen and oxygen atoms in total. The maximum Gasteiger partial charge on any atom is 0.237 e. The van der Waals surface area contributed by atoms with E-state index in [1.807, 2.05) is 0 Å². The molecule has 1 aliphatic heterocycles. The second kappa shape index (κ2) is 7.00. The third-order valence-electron chi connectivity index (χ3n) is 4.02. The Morgan fingerprint density at radius 3 is 2.47 bits per heavy atom. The summed E-state index contributed by atoms with van der Waals surface area (Å²) in [6, 6.07) is 0.652. The summed E-state index contributed by atoms with van der Waals surface area (Å²) in [7, 11) is 2.13. The summed E-state index contributed by atoms with van der Waals surface area (Å²) >= 11 is 0. The first-order chi connectivity index (χ1) is 8.11. The highest BCUT2D eigenvalue weighted by atomic mass is 16.2. The van der Waals surface area contributed by atoms with E-state index in [2.05, 4.69) is 38.0 Å². The lowest BCUT2D eigenvalue weighted by Crippen LogP contribution is -2.46. The Labute approximate surface area is 106 Å². The SMILES string of the molecule is CCCC(C)C(CCC)N(C)C1CCNC1=O. The largest absolute Gasteiger partial charge is 0.355 e. The van der Waals surface area contributed by atoms with Crippen LogP contribution in [0.5, 0.6) is 0 Å². The third-order valence-corrected chi connectivity index (χ3v) is 4.02. The van der Waals surface area contributed by atoms with Gasteiger partial charge in [-0.2, -0.15) is 0 Å². The van der Waals surface area contributed by atoms with Gasteiger partial charge in [-0.05, 0) is 32.2 Å². The number of rotatable bonds is 7. The van der Waals surface area contributed by atoms with Crippen LogP contribution in [0.3, 0.4) is 0 Å². The molecular formula is C14H28N2O. The fourth-order valence-corrected chi connectivity index (χ4v) is 3.03. The number of hydrogen-bond donors (Lipinski definition) is 1. The molecule has 0 aliphatic carbocycles. The molecule has 1 heterocycles. The van der Waals surface area contributed by atoms with Crippen LogP contribution in [0.4, 0.5) is 0 Å². The Kier molecular flexibility index (Phi) is 5.96. The highest BCUT2D eigenvalue weighted by molar-refractivity contribution is 5.83. The van der Waals surface area contributed by atoms with Crippen molar-refractivity contribution in [2.75, 3.05) is 13.6 Å². The highest BCUT2D eigenvalue weighted by Gasteiger charge is 2.33. The lowest BCUT2D eigenvalue weighted by Gasteiger charge is -2.35. The number of carbonyl (C=O) groups is 1. The minimum atomic E-state index is 0.103. The van der Waals surface area contributed by atoms with Crippen molar-refractivity contribution in [1.82, 2.24) is 10.2 Å². The van der Waals surface area contributed by atoms with Crippen molar-refractivity contribution in [2.24, 2.45) is 5.92 Å². The summed E-state index contributed by atoms with van der Waals surface area (Å²) in [5, 5.41) is 2.94. The number of nitrogens with zero attached hydrogens (tertiary/aromatic N) is 1. The Morgan fingerprint density at radius 2 is 2.00 bits per heavy atom. The van der Waals surface area contributed by atoms with Crippen molar-refractivity contribution in [3.63, 3.8) is 0 Å². The molecule has 0 aromatic heterocycles. The monoisotopic (exact) mass is 240 g/mol. The zero-order valence-electron chi connectivity index (χ0n) is 11.8. The quantitative estimate of drug-likeness (QED) is 0.741. The van der Waals surface area contributed by atoms with E-state index in [0.717, 1.165) is 13.0 Å². The summed E-state index contributed by atoms with van der Waals surface area (Å²) in [4.78, 5) is 14.1. The van der Waals surface area contributed by atoms with Gasteiger partial charge in [-0.1, -0.05) is 33.6 Å². The fraction of sp³-hybridized carbons (Fsp3) is 0.929. The predicted molar refractivity (Wildman–Crippen MR) is 71.9 cm³/mol. The molecule has 1 rings (SSSR count). The first-order valence-corrected chi connectivity index (χ1v) is 7.11. The van der Waals surface area contributed by atoms with Crippen LogP contribution in [0.2, 0.25) is 0 Å². The van der Waals surface area contributed by atoms with Crippen LogP contribution >= 0.6 is 0 Å². The predicted octanol–water partition coefficient (Wildman–Crippen LogP) is 2.41. The lowest BCUT2D eigenvalue weighted by molar-refractivity contribution is -0.124. The summed E-state index contributed by atoms with van der Waals surface area (Å²) < 4.78 is 0. The molecule has 0 radical (unpaired) electrons. The van der Waals surface area contributed by atoms with Gasteiger partial charge in [0.25, 0.3) is 0 Å². The zero-order chi connectivity index (χ0) is 12.8. The Bertz CT molecular complexity index is 242. The van der Waals surface area contributed by atoms with Gasteiger partial charge in [-0.15, -0.1) is 0 Å².